The summed E-state index contributed by atoms with van der Waals surface area (Å²) in [6.45, 7) is 0. The Hall–Kier alpha value is -6.53. The van der Waals surface area contributed by atoms with Crippen molar-refractivity contribution < 1.29 is 4.42 Å². The number of benzene rings is 7. The van der Waals surface area contributed by atoms with Crippen LogP contribution in [0.2, 0.25) is 0 Å². The van der Waals surface area contributed by atoms with Crippen LogP contribution >= 0.6 is 0 Å². The predicted octanol–water partition coefficient (Wildman–Crippen LogP) is 5.51. The minimum absolute atomic E-state index is 0.162. The van der Waals surface area contributed by atoms with Crippen LogP contribution < -0.4 is 27.3 Å². The Labute approximate surface area is 323 Å². The van der Waals surface area contributed by atoms with Gasteiger partial charge in [-0.3, -0.25) is 4.57 Å². The van der Waals surface area contributed by atoms with E-state index in [1.165, 1.54) is 0 Å². The number of furan rings is 1. The Morgan fingerprint density at radius 3 is 1.62 bits per heavy atom. The maximum Gasteiger partial charge on any atom is 0.238 e. The smallest absolute Gasteiger partial charge is 0.238 e. The fourth-order valence-electron chi connectivity index (χ4n) is 7.73. The van der Waals surface area contributed by atoms with Crippen LogP contribution in [-0.2, 0) is 0 Å². The zero-order valence-electron chi connectivity index (χ0n) is 29.4. The van der Waals surface area contributed by atoms with Crippen LogP contribution in [0.4, 0.5) is 0 Å². The van der Waals surface area contributed by atoms with Crippen LogP contribution in [0.1, 0.15) is 0 Å². The van der Waals surface area contributed by atoms with Gasteiger partial charge in [-0.1, -0.05) is 132 Å². The van der Waals surface area contributed by atoms with Gasteiger partial charge in [-0.05, 0) is 34.9 Å². The average molecular weight is 690 g/mol. The van der Waals surface area contributed by atoms with Crippen LogP contribution in [0, 0.1) is 0 Å². The molecule has 0 aliphatic heterocycles. The Morgan fingerprint density at radius 2 is 0.909 bits per heavy atom. The fraction of sp³-hybridized carbons (Fsp3) is 0. The highest BCUT2D eigenvalue weighted by Gasteiger charge is 2.23. The molecule has 244 valence electrons. The molecule has 7 aromatic carbocycles. The molecule has 10 aromatic rings. The quantitative estimate of drug-likeness (QED) is 0.224. The Morgan fingerprint density at radius 1 is 0.400 bits per heavy atom. The van der Waals surface area contributed by atoms with E-state index in [1.54, 1.807) is 0 Å². The predicted molar refractivity (Wildman–Crippen MR) is 230 cm³/mol. The maximum atomic E-state index is 6.79. The first-order valence-corrected chi connectivity index (χ1v) is 17.7. The lowest BCUT2D eigenvalue weighted by atomic mass is 9.59. The van der Waals surface area contributed by atoms with Crippen molar-refractivity contribution in [2.75, 3.05) is 0 Å². The van der Waals surface area contributed by atoms with Crippen LogP contribution in [-0.4, -0.2) is 58.8 Å². The van der Waals surface area contributed by atoms with Gasteiger partial charge in [0.05, 0.1) is 16.6 Å². The zero-order chi connectivity index (χ0) is 37.4. The van der Waals surface area contributed by atoms with Gasteiger partial charge in [0.2, 0.25) is 5.95 Å². The normalized spacial score (nSPS) is 11.6. The van der Waals surface area contributed by atoms with Gasteiger partial charge >= 0.3 is 0 Å². The lowest BCUT2D eigenvalue weighted by molar-refractivity contribution is 0.670. The van der Waals surface area contributed by atoms with Gasteiger partial charge in [0.15, 0.2) is 11.6 Å². The van der Waals surface area contributed by atoms with E-state index in [0.29, 0.717) is 28.7 Å². The van der Waals surface area contributed by atoms with Crippen molar-refractivity contribution in [1.82, 2.24) is 19.5 Å². The lowest BCUT2D eigenvalue weighted by Gasteiger charge is -2.22. The molecule has 0 unspecified atom stereocenters. The van der Waals surface area contributed by atoms with Crippen molar-refractivity contribution >= 4 is 110 Å². The summed E-state index contributed by atoms with van der Waals surface area (Å²) in [6, 6.07) is 46.4. The number of aromatic nitrogens is 4. The molecule has 0 spiro atoms. The summed E-state index contributed by atoms with van der Waals surface area (Å²) < 4.78 is 8.83. The topological polar surface area (TPSA) is 56.7 Å². The third-order valence-corrected chi connectivity index (χ3v) is 10.4. The number of rotatable bonds is 5. The zero-order valence-corrected chi connectivity index (χ0v) is 29.4. The van der Waals surface area contributed by atoms with Crippen molar-refractivity contribution in [3.05, 3.63) is 140 Å². The van der Waals surface area contributed by atoms with Crippen molar-refractivity contribution in [3.63, 3.8) is 0 Å². The number of hydrogen-bond acceptors (Lipinski definition) is 4. The van der Waals surface area contributed by atoms with Gasteiger partial charge in [-0.2, -0.15) is 9.97 Å². The lowest BCUT2D eigenvalue weighted by Crippen LogP contribution is -2.55. The van der Waals surface area contributed by atoms with E-state index in [4.69, 9.17) is 58.6 Å². The maximum absolute atomic E-state index is 6.79. The molecule has 0 N–H and O–H groups in total. The Balaban J connectivity index is 1.27. The van der Waals surface area contributed by atoms with Gasteiger partial charge in [-0.25, -0.2) is 4.98 Å². The fourth-order valence-corrected chi connectivity index (χ4v) is 7.73. The van der Waals surface area contributed by atoms with Gasteiger partial charge in [-0.15, -0.1) is 16.4 Å². The van der Waals surface area contributed by atoms with Gasteiger partial charge in [0, 0.05) is 32.7 Å². The summed E-state index contributed by atoms with van der Waals surface area (Å²) in [5.74, 6) is 1.39. The van der Waals surface area contributed by atoms with E-state index in [2.05, 4.69) is 36.4 Å². The summed E-state index contributed by atoms with van der Waals surface area (Å²) >= 11 is 0. The number of nitrogens with zero attached hydrogens (tertiary/aromatic N) is 4. The number of hydrogen-bond donors (Lipinski definition) is 0. The van der Waals surface area contributed by atoms with E-state index < -0.39 is 0 Å². The minimum Gasteiger partial charge on any atom is -0.455 e. The molecule has 0 amide bonds. The summed E-state index contributed by atoms with van der Waals surface area (Å²) in [5.41, 5.74) is 9.15. The standard InChI is InChI=1S/C45H23B5N4O/c46-36-35(37(47)39(49)40(50)38(36)48)30-20-11-23-33-34(30)29-16-7-8-22-32(29)54(33)45-52-43(25-14-5-2-6-15-25)51-44(53-45)31-21-10-19-28-27-18-9-17-26(41(27)55-42(28)31)24-12-3-1-4-13-24/h1-23H. The molecule has 0 saturated heterocycles. The highest BCUT2D eigenvalue weighted by Crippen LogP contribution is 2.41. The third-order valence-electron chi connectivity index (χ3n) is 10.4. The first-order chi connectivity index (χ1) is 26.9. The molecule has 10 rings (SSSR count). The molecule has 0 aliphatic carbocycles. The first-order valence-electron chi connectivity index (χ1n) is 17.7. The SMILES string of the molecule is [B]c1c([B])c([B])c(-c2cccc3c2c2ccccc2n3-c2nc(-c3ccccc3)nc(-c3cccc4c3oc3c(-c5ccccc5)cccc34)n2)c([B])c1[B]. The molecule has 5 nitrogen and oxygen atoms in total. The molecule has 0 atom stereocenters. The van der Waals surface area contributed by atoms with E-state index in [1.807, 2.05) is 108 Å². The van der Waals surface area contributed by atoms with Crippen molar-refractivity contribution in [3.8, 4) is 51.0 Å². The molecular formula is C45H23B5N4O. The molecule has 55 heavy (non-hydrogen) atoms. The second-order valence-electron chi connectivity index (χ2n) is 13.5. The second kappa shape index (κ2) is 12.8. The van der Waals surface area contributed by atoms with Crippen molar-refractivity contribution in [2.24, 2.45) is 0 Å². The van der Waals surface area contributed by atoms with Crippen LogP contribution in [0.15, 0.2) is 144 Å². The first kappa shape index (κ1) is 33.1. The largest absolute Gasteiger partial charge is 0.455 e. The molecule has 0 fully saturated rings. The molecule has 10 radical (unpaired) electrons. The summed E-state index contributed by atoms with van der Waals surface area (Å²) in [7, 11) is 32.2. The Bertz CT molecular complexity index is 3130. The van der Waals surface area contributed by atoms with Crippen molar-refractivity contribution in [2.45, 2.75) is 0 Å². The van der Waals surface area contributed by atoms with E-state index in [-0.39, 0.29) is 27.3 Å². The molecule has 3 heterocycles. The number of fused-ring (bicyclic) bond motifs is 6. The van der Waals surface area contributed by atoms with E-state index in [0.717, 1.165) is 66.0 Å². The third kappa shape index (κ3) is 5.12. The van der Waals surface area contributed by atoms with E-state index in [9.17, 15) is 0 Å². The van der Waals surface area contributed by atoms with Crippen LogP contribution in [0.5, 0.6) is 0 Å². The molecule has 3 aromatic heterocycles. The summed E-state index contributed by atoms with van der Waals surface area (Å²) in [6.07, 6.45) is 0. The Kier molecular flexibility index (Phi) is 7.70. The number of para-hydroxylation sites is 3. The molecule has 0 bridgehead atoms. The van der Waals surface area contributed by atoms with Gasteiger partial charge in [0.25, 0.3) is 0 Å². The second-order valence-corrected chi connectivity index (χ2v) is 13.5. The van der Waals surface area contributed by atoms with Crippen LogP contribution in [0.25, 0.3) is 94.7 Å². The monoisotopic (exact) mass is 690 g/mol. The summed E-state index contributed by atoms with van der Waals surface area (Å²) in [4.78, 5) is 15.4. The molecule has 10 heteroatoms. The van der Waals surface area contributed by atoms with Crippen molar-refractivity contribution in [1.29, 1.82) is 0 Å². The van der Waals surface area contributed by atoms with Gasteiger partial charge in [0.1, 0.15) is 50.4 Å². The molecule has 0 aliphatic rings. The van der Waals surface area contributed by atoms with Crippen LogP contribution in [0.3, 0.4) is 0 Å². The highest BCUT2D eigenvalue weighted by molar-refractivity contribution is 6.69. The average Bonchev–Trinajstić information content (AvgIpc) is 3.79. The minimum atomic E-state index is 0.162. The molecule has 0 saturated carbocycles. The van der Waals surface area contributed by atoms with E-state index >= 15 is 0 Å². The molecular weight excluding hydrogens is 667 g/mol. The summed E-state index contributed by atoms with van der Waals surface area (Å²) in [5, 5.41) is 3.77. The highest BCUT2D eigenvalue weighted by atomic mass is 16.3. The van der Waals surface area contributed by atoms with Gasteiger partial charge < -0.3 is 4.42 Å².